The van der Waals surface area contributed by atoms with Crippen LogP contribution in [0.4, 0.5) is 10.1 Å². The first-order chi connectivity index (χ1) is 8.05. The van der Waals surface area contributed by atoms with Gasteiger partial charge >= 0.3 is 5.97 Å². The minimum atomic E-state index is -1.07. The maximum atomic E-state index is 13.7. The normalized spacial score (nSPS) is 24.7. The quantitative estimate of drug-likeness (QED) is 0.853. The molecule has 2 rings (SSSR count). The molecular weight excluding hydrogens is 223 g/mol. The molecule has 1 saturated heterocycles. The summed E-state index contributed by atoms with van der Waals surface area (Å²) in [5.41, 5.74) is -0.921. The Bertz CT molecular complexity index is 438. The van der Waals surface area contributed by atoms with Crippen molar-refractivity contribution in [2.24, 2.45) is 0 Å². The Hall–Kier alpha value is -1.65. The molecule has 1 aliphatic heterocycles. The van der Waals surface area contributed by atoms with Crippen LogP contribution in [-0.4, -0.2) is 28.1 Å². The van der Waals surface area contributed by atoms with Crippen molar-refractivity contribution >= 4 is 11.7 Å². The molecule has 1 unspecified atom stereocenters. The second-order valence-corrected chi connectivity index (χ2v) is 4.44. The van der Waals surface area contributed by atoms with Crippen molar-refractivity contribution in [2.45, 2.75) is 31.7 Å². The van der Waals surface area contributed by atoms with Crippen LogP contribution >= 0.6 is 0 Å². The summed E-state index contributed by atoms with van der Waals surface area (Å²) < 4.78 is 13.7. The highest BCUT2D eigenvalue weighted by atomic mass is 19.1. The van der Waals surface area contributed by atoms with E-state index in [1.165, 1.54) is 12.3 Å². The van der Waals surface area contributed by atoms with Gasteiger partial charge in [0.2, 0.25) is 0 Å². The predicted octanol–water partition coefficient (Wildman–Crippen LogP) is 1.85. The van der Waals surface area contributed by atoms with E-state index in [1.54, 1.807) is 11.8 Å². The number of carboxylic acid groups (broad SMARTS) is 1. The van der Waals surface area contributed by atoms with Gasteiger partial charge in [-0.3, -0.25) is 4.98 Å². The molecule has 1 radical (unpaired) electrons. The molecule has 1 aliphatic rings. The van der Waals surface area contributed by atoms with Crippen molar-refractivity contribution < 1.29 is 14.3 Å². The van der Waals surface area contributed by atoms with E-state index in [9.17, 15) is 14.3 Å². The summed E-state index contributed by atoms with van der Waals surface area (Å²) in [7, 11) is 0. The van der Waals surface area contributed by atoms with Gasteiger partial charge in [0.1, 0.15) is 23.2 Å². The van der Waals surface area contributed by atoms with Crippen LogP contribution in [-0.2, 0) is 4.79 Å². The molecule has 1 aromatic heterocycles. The van der Waals surface area contributed by atoms with Crippen molar-refractivity contribution in [1.82, 2.24) is 4.98 Å². The summed E-state index contributed by atoms with van der Waals surface area (Å²) in [5, 5.41) is 9.32. The number of rotatable bonds is 2. The third-order valence-electron chi connectivity index (χ3n) is 3.31. The molecule has 1 aromatic rings. The Morgan fingerprint density at radius 1 is 1.65 bits per heavy atom. The zero-order chi connectivity index (χ0) is 12.5. The third-order valence-corrected chi connectivity index (χ3v) is 3.31. The lowest BCUT2D eigenvalue weighted by atomic mass is 9.88. The Labute approximate surface area is 99.1 Å². The highest BCUT2D eigenvalue weighted by Gasteiger charge is 2.42. The number of halogens is 1. The number of carboxylic acids is 1. The Morgan fingerprint density at radius 2 is 2.41 bits per heavy atom. The van der Waals surface area contributed by atoms with Crippen molar-refractivity contribution in [3.63, 3.8) is 0 Å². The van der Waals surface area contributed by atoms with Gasteiger partial charge in [0.05, 0.1) is 0 Å². The standard InChI is InChI=1S/C12H14FN2O2/c1-12(11(16)17)5-2-3-7-15(12)10-8-14-6-4-9(10)13/h4,6H,2-3,5,7H2,1H3,(H,16,17). The molecule has 2 heterocycles. The molecule has 1 N–H and O–H groups in total. The number of anilines is 1. The monoisotopic (exact) mass is 237 g/mol. The smallest absolute Gasteiger partial charge is 0.329 e. The average molecular weight is 237 g/mol. The molecule has 91 valence electrons. The van der Waals surface area contributed by atoms with Crippen molar-refractivity contribution in [1.29, 1.82) is 0 Å². The first kappa shape index (κ1) is 11.8. The summed E-state index contributed by atoms with van der Waals surface area (Å²) in [4.78, 5) is 16.7. The fourth-order valence-electron chi connectivity index (χ4n) is 2.22. The topological polar surface area (TPSA) is 53.4 Å². The number of hydrogen-bond acceptors (Lipinski definition) is 3. The van der Waals surface area contributed by atoms with Crippen molar-refractivity contribution in [3.8, 4) is 0 Å². The zero-order valence-electron chi connectivity index (χ0n) is 9.61. The molecule has 17 heavy (non-hydrogen) atoms. The van der Waals surface area contributed by atoms with Gasteiger partial charge in [0, 0.05) is 12.7 Å². The SMILES string of the molecule is CC1(C(=O)O)CCCCN1c1[c]nccc1F. The highest BCUT2D eigenvalue weighted by Crippen LogP contribution is 2.33. The van der Waals surface area contributed by atoms with Crippen molar-refractivity contribution in [3.05, 3.63) is 24.3 Å². The largest absolute Gasteiger partial charge is 0.480 e. The maximum absolute atomic E-state index is 13.7. The number of hydrogen-bond donors (Lipinski definition) is 1. The minimum Gasteiger partial charge on any atom is -0.480 e. The lowest BCUT2D eigenvalue weighted by molar-refractivity contribution is -0.143. The molecule has 5 heteroatoms. The molecule has 0 spiro atoms. The van der Waals surface area contributed by atoms with Crippen LogP contribution in [0.15, 0.2) is 12.3 Å². The Balaban J connectivity index is 2.42. The van der Waals surface area contributed by atoms with Crippen LogP contribution in [0.3, 0.4) is 0 Å². The van der Waals surface area contributed by atoms with Gasteiger partial charge in [-0.25, -0.2) is 9.18 Å². The van der Waals surface area contributed by atoms with E-state index in [-0.39, 0.29) is 5.69 Å². The van der Waals surface area contributed by atoms with Crippen LogP contribution in [0.25, 0.3) is 0 Å². The van der Waals surface area contributed by atoms with Crippen LogP contribution in [0, 0.1) is 12.0 Å². The summed E-state index contributed by atoms with van der Waals surface area (Å²) in [6, 6.07) is 1.22. The van der Waals surface area contributed by atoms with E-state index in [0.717, 1.165) is 12.8 Å². The van der Waals surface area contributed by atoms with Gasteiger partial charge in [-0.05, 0) is 32.3 Å². The van der Waals surface area contributed by atoms with E-state index < -0.39 is 17.3 Å². The molecule has 0 aliphatic carbocycles. The molecule has 1 atom stereocenters. The maximum Gasteiger partial charge on any atom is 0.329 e. The van der Waals surface area contributed by atoms with Crippen LogP contribution in [0.1, 0.15) is 26.2 Å². The molecule has 0 aromatic carbocycles. The second kappa shape index (κ2) is 4.31. The number of aromatic nitrogens is 1. The van der Waals surface area contributed by atoms with Gasteiger partial charge in [0.25, 0.3) is 0 Å². The second-order valence-electron chi connectivity index (χ2n) is 4.44. The van der Waals surface area contributed by atoms with Gasteiger partial charge in [-0.15, -0.1) is 0 Å². The first-order valence-electron chi connectivity index (χ1n) is 5.59. The summed E-state index contributed by atoms with van der Waals surface area (Å²) in [6.07, 6.45) is 6.05. The molecule has 0 amide bonds. The minimum absolute atomic E-state index is 0.150. The van der Waals surface area contributed by atoms with E-state index in [2.05, 4.69) is 11.2 Å². The number of aliphatic carboxylic acids is 1. The van der Waals surface area contributed by atoms with Gasteiger partial charge in [-0.2, -0.15) is 0 Å². The van der Waals surface area contributed by atoms with Gasteiger partial charge in [-0.1, -0.05) is 0 Å². The van der Waals surface area contributed by atoms with E-state index in [4.69, 9.17) is 0 Å². The van der Waals surface area contributed by atoms with E-state index >= 15 is 0 Å². The fraction of sp³-hybridized carbons (Fsp3) is 0.500. The predicted molar refractivity (Wildman–Crippen MR) is 60.3 cm³/mol. The average Bonchev–Trinajstić information content (AvgIpc) is 2.31. The zero-order valence-corrected chi connectivity index (χ0v) is 9.61. The summed E-state index contributed by atoms with van der Waals surface area (Å²) >= 11 is 0. The Morgan fingerprint density at radius 3 is 3.06 bits per heavy atom. The lowest BCUT2D eigenvalue weighted by Crippen LogP contribution is -2.55. The highest BCUT2D eigenvalue weighted by molar-refractivity contribution is 5.83. The summed E-state index contributed by atoms with van der Waals surface area (Å²) in [6.45, 7) is 2.14. The number of pyridine rings is 1. The fourth-order valence-corrected chi connectivity index (χ4v) is 2.22. The van der Waals surface area contributed by atoms with E-state index in [0.29, 0.717) is 13.0 Å². The van der Waals surface area contributed by atoms with Gasteiger partial charge < -0.3 is 10.0 Å². The first-order valence-corrected chi connectivity index (χ1v) is 5.59. The summed E-state index contributed by atoms with van der Waals surface area (Å²) in [5.74, 6) is -1.41. The van der Waals surface area contributed by atoms with Crippen LogP contribution in [0.2, 0.25) is 0 Å². The van der Waals surface area contributed by atoms with E-state index in [1.807, 2.05) is 0 Å². The third kappa shape index (κ3) is 1.97. The van der Waals surface area contributed by atoms with Gasteiger partial charge in [0.15, 0.2) is 0 Å². The molecule has 4 nitrogen and oxygen atoms in total. The molecule has 0 saturated carbocycles. The number of carbonyl (C=O) groups is 1. The van der Waals surface area contributed by atoms with Crippen LogP contribution in [0.5, 0.6) is 0 Å². The molecule has 1 fully saturated rings. The molecule has 0 bridgehead atoms. The number of piperidine rings is 1. The Kier molecular flexibility index (Phi) is 3.00. The molecular formula is C12H14FN2O2. The number of nitrogens with zero attached hydrogens (tertiary/aromatic N) is 2. The van der Waals surface area contributed by atoms with Crippen LogP contribution < -0.4 is 4.90 Å². The lowest BCUT2D eigenvalue weighted by Gasteiger charge is -2.42. The van der Waals surface area contributed by atoms with Crippen molar-refractivity contribution in [2.75, 3.05) is 11.4 Å².